The number of piperazine rings is 1. The van der Waals surface area contributed by atoms with Gasteiger partial charge in [0.2, 0.25) is 5.95 Å². The number of nitriles is 1. The van der Waals surface area contributed by atoms with Crippen LogP contribution in [0.3, 0.4) is 0 Å². The van der Waals surface area contributed by atoms with Gasteiger partial charge < -0.3 is 4.90 Å². The minimum Gasteiger partial charge on any atom is -0.338 e. The number of hydrogen-bond acceptors (Lipinski definition) is 5. The number of nitrogens with zero attached hydrogens (tertiary/aromatic N) is 5. The Hall–Kier alpha value is -1.67. The highest BCUT2D eigenvalue weighted by molar-refractivity contribution is 5.29. The van der Waals surface area contributed by atoms with E-state index in [0.717, 1.165) is 32.1 Å². The molecule has 1 fully saturated rings. The van der Waals surface area contributed by atoms with Gasteiger partial charge in [-0.15, -0.1) is 0 Å². The summed E-state index contributed by atoms with van der Waals surface area (Å²) in [6, 6.07) is 3.98. The van der Waals surface area contributed by atoms with Crippen molar-refractivity contribution in [3.8, 4) is 6.07 Å². The summed E-state index contributed by atoms with van der Waals surface area (Å²) in [5.74, 6) is 0.786. The predicted molar refractivity (Wildman–Crippen MR) is 56.3 cm³/mol. The fraction of sp³-hybridized carbons (Fsp3) is 0.500. The zero-order valence-corrected chi connectivity index (χ0v) is 8.50. The van der Waals surface area contributed by atoms with Crippen molar-refractivity contribution >= 4 is 5.95 Å². The summed E-state index contributed by atoms with van der Waals surface area (Å²) in [6.07, 6.45) is 3.51. The first kappa shape index (κ1) is 9.87. The predicted octanol–water partition coefficient (Wildman–Crippen LogP) is 0.122. The van der Waals surface area contributed by atoms with E-state index in [9.17, 15) is 0 Å². The van der Waals surface area contributed by atoms with Gasteiger partial charge in [-0.05, 0) is 6.07 Å². The lowest BCUT2D eigenvalue weighted by molar-refractivity contribution is 0.285. The Morgan fingerprint density at radius 1 is 1.20 bits per heavy atom. The smallest absolute Gasteiger partial charge is 0.225 e. The molecule has 1 aromatic heterocycles. The van der Waals surface area contributed by atoms with Crippen molar-refractivity contribution in [3.05, 3.63) is 18.5 Å². The van der Waals surface area contributed by atoms with Crippen LogP contribution in [0.25, 0.3) is 0 Å². The monoisotopic (exact) mass is 203 g/mol. The molecule has 0 unspecified atom stereocenters. The molecule has 0 amide bonds. The molecule has 2 rings (SSSR count). The van der Waals surface area contributed by atoms with Crippen LogP contribution < -0.4 is 4.90 Å². The average molecular weight is 203 g/mol. The fourth-order valence-corrected chi connectivity index (χ4v) is 1.66. The highest BCUT2D eigenvalue weighted by Crippen LogP contribution is 2.08. The summed E-state index contributed by atoms with van der Waals surface area (Å²) >= 11 is 0. The molecule has 0 spiro atoms. The van der Waals surface area contributed by atoms with E-state index in [0.29, 0.717) is 6.54 Å². The molecule has 5 heteroatoms. The zero-order valence-electron chi connectivity index (χ0n) is 8.50. The van der Waals surface area contributed by atoms with Gasteiger partial charge in [0, 0.05) is 38.6 Å². The largest absolute Gasteiger partial charge is 0.338 e. The van der Waals surface area contributed by atoms with E-state index in [1.807, 2.05) is 6.07 Å². The van der Waals surface area contributed by atoms with Crippen molar-refractivity contribution in [2.75, 3.05) is 37.6 Å². The van der Waals surface area contributed by atoms with Crippen molar-refractivity contribution in [2.24, 2.45) is 0 Å². The standard InChI is InChI=1S/C10H13N5/c11-2-5-14-6-8-15(9-7-14)10-12-3-1-4-13-10/h1,3-4H,5-9H2. The molecule has 0 saturated carbocycles. The first-order chi connectivity index (χ1) is 7.40. The molecule has 15 heavy (non-hydrogen) atoms. The van der Waals surface area contributed by atoms with Gasteiger partial charge >= 0.3 is 0 Å². The summed E-state index contributed by atoms with van der Waals surface area (Å²) in [4.78, 5) is 12.7. The lowest BCUT2D eigenvalue weighted by Gasteiger charge is -2.33. The highest BCUT2D eigenvalue weighted by atomic mass is 15.3. The molecule has 0 aliphatic carbocycles. The summed E-state index contributed by atoms with van der Waals surface area (Å²) in [5.41, 5.74) is 0. The van der Waals surface area contributed by atoms with Gasteiger partial charge in [-0.25, -0.2) is 9.97 Å². The molecule has 0 bridgehead atoms. The number of aromatic nitrogens is 2. The second-order valence-electron chi connectivity index (χ2n) is 3.47. The Bertz CT molecular complexity index is 337. The van der Waals surface area contributed by atoms with Gasteiger partial charge in [0.1, 0.15) is 0 Å². The van der Waals surface area contributed by atoms with Crippen LogP contribution in [-0.4, -0.2) is 47.6 Å². The molecular formula is C10H13N5. The highest BCUT2D eigenvalue weighted by Gasteiger charge is 2.17. The first-order valence-electron chi connectivity index (χ1n) is 5.01. The third-order valence-electron chi connectivity index (χ3n) is 2.50. The third-order valence-corrected chi connectivity index (χ3v) is 2.50. The van der Waals surface area contributed by atoms with Crippen LogP contribution in [0.4, 0.5) is 5.95 Å². The van der Waals surface area contributed by atoms with Crippen molar-refractivity contribution in [3.63, 3.8) is 0 Å². The molecule has 0 atom stereocenters. The van der Waals surface area contributed by atoms with Crippen molar-refractivity contribution in [1.29, 1.82) is 5.26 Å². The lowest BCUT2D eigenvalue weighted by atomic mass is 10.3. The van der Waals surface area contributed by atoms with E-state index in [2.05, 4.69) is 25.8 Å². The summed E-state index contributed by atoms with van der Waals surface area (Å²) in [6.45, 7) is 4.12. The Labute approximate surface area is 89.0 Å². The molecule has 0 aromatic carbocycles. The van der Waals surface area contributed by atoms with Gasteiger partial charge in [-0.3, -0.25) is 4.90 Å². The Morgan fingerprint density at radius 3 is 2.47 bits per heavy atom. The van der Waals surface area contributed by atoms with E-state index in [4.69, 9.17) is 5.26 Å². The average Bonchev–Trinajstić information content (AvgIpc) is 2.32. The minimum atomic E-state index is 0.517. The Balaban J connectivity index is 1.92. The topological polar surface area (TPSA) is 56.1 Å². The Kier molecular flexibility index (Phi) is 3.10. The van der Waals surface area contributed by atoms with Crippen LogP contribution in [0, 0.1) is 11.3 Å². The van der Waals surface area contributed by atoms with Crippen LogP contribution in [0.5, 0.6) is 0 Å². The molecule has 0 N–H and O–H groups in total. The van der Waals surface area contributed by atoms with Gasteiger partial charge in [0.15, 0.2) is 0 Å². The maximum atomic E-state index is 8.57. The number of hydrogen-bond donors (Lipinski definition) is 0. The van der Waals surface area contributed by atoms with Gasteiger partial charge in [-0.2, -0.15) is 5.26 Å². The molecule has 1 aliphatic rings. The Morgan fingerprint density at radius 2 is 1.87 bits per heavy atom. The number of rotatable bonds is 2. The summed E-state index contributed by atoms with van der Waals surface area (Å²) in [5, 5.41) is 8.57. The molecular weight excluding hydrogens is 190 g/mol. The van der Waals surface area contributed by atoms with Crippen molar-refractivity contribution < 1.29 is 0 Å². The van der Waals surface area contributed by atoms with E-state index in [1.54, 1.807) is 12.4 Å². The van der Waals surface area contributed by atoms with Crippen LogP contribution in [-0.2, 0) is 0 Å². The minimum absolute atomic E-state index is 0.517. The molecule has 2 heterocycles. The van der Waals surface area contributed by atoms with Crippen LogP contribution in [0.1, 0.15) is 0 Å². The molecule has 5 nitrogen and oxygen atoms in total. The molecule has 1 aromatic rings. The SMILES string of the molecule is N#CCN1CCN(c2ncccn2)CC1. The van der Waals surface area contributed by atoms with E-state index >= 15 is 0 Å². The maximum Gasteiger partial charge on any atom is 0.225 e. The van der Waals surface area contributed by atoms with Crippen molar-refractivity contribution in [2.45, 2.75) is 0 Å². The summed E-state index contributed by atoms with van der Waals surface area (Å²) < 4.78 is 0. The first-order valence-corrected chi connectivity index (χ1v) is 5.01. The number of anilines is 1. The molecule has 1 saturated heterocycles. The second kappa shape index (κ2) is 4.71. The lowest BCUT2D eigenvalue weighted by Crippen LogP contribution is -2.47. The van der Waals surface area contributed by atoms with Gasteiger partial charge in [-0.1, -0.05) is 0 Å². The van der Waals surface area contributed by atoms with Gasteiger partial charge in [0.05, 0.1) is 12.6 Å². The molecule has 78 valence electrons. The van der Waals surface area contributed by atoms with Crippen LogP contribution in [0.15, 0.2) is 18.5 Å². The summed E-state index contributed by atoms with van der Waals surface area (Å²) in [7, 11) is 0. The second-order valence-corrected chi connectivity index (χ2v) is 3.47. The van der Waals surface area contributed by atoms with Gasteiger partial charge in [0.25, 0.3) is 0 Å². The van der Waals surface area contributed by atoms with E-state index < -0.39 is 0 Å². The normalized spacial score (nSPS) is 17.4. The molecule has 1 aliphatic heterocycles. The van der Waals surface area contributed by atoms with Crippen LogP contribution in [0.2, 0.25) is 0 Å². The van der Waals surface area contributed by atoms with E-state index in [1.165, 1.54) is 0 Å². The zero-order chi connectivity index (χ0) is 10.5. The fourth-order valence-electron chi connectivity index (χ4n) is 1.66. The van der Waals surface area contributed by atoms with E-state index in [-0.39, 0.29) is 0 Å². The molecule has 0 radical (unpaired) electrons. The quantitative estimate of drug-likeness (QED) is 0.639. The van der Waals surface area contributed by atoms with Crippen molar-refractivity contribution in [1.82, 2.24) is 14.9 Å². The third kappa shape index (κ3) is 2.42. The maximum absolute atomic E-state index is 8.57. The van der Waals surface area contributed by atoms with Crippen LogP contribution >= 0.6 is 0 Å².